The summed E-state index contributed by atoms with van der Waals surface area (Å²) in [6, 6.07) is 14.2. The fraction of sp³-hybridized carbons (Fsp3) is 0.629. The molecular formula is C35H51N3O5S. The van der Waals surface area contributed by atoms with Crippen molar-refractivity contribution in [3.05, 3.63) is 59.2 Å². The minimum absolute atomic E-state index is 0.115. The summed E-state index contributed by atoms with van der Waals surface area (Å²) < 4.78 is 40.7. The molecule has 2 aromatic rings. The molecule has 0 bridgehead atoms. The third-order valence-electron chi connectivity index (χ3n) is 10.2. The minimum Gasteiger partial charge on any atom is -0.497 e. The zero-order valence-electron chi connectivity index (χ0n) is 27.0. The summed E-state index contributed by atoms with van der Waals surface area (Å²) in [5.41, 5.74) is 2.89. The van der Waals surface area contributed by atoms with Gasteiger partial charge in [0.05, 0.1) is 18.6 Å². The molecule has 2 aromatic carbocycles. The first-order valence-corrected chi connectivity index (χ1v) is 18.0. The van der Waals surface area contributed by atoms with Crippen LogP contribution in [0.15, 0.2) is 47.4 Å². The average molecular weight is 626 g/mol. The zero-order valence-corrected chi connectivity index (χ0v) is 27.8. The van der Waals surface area contributed by atoms with Gasteiger partial charge in [-0.25, -0.2) is 8.42 Å². The van der Waals surface area contributed by atoms with Gasteiger partial charge in [-0.3, -0.25) is 9.69 Å². The molecule has 3 aliphatic rings. The van der Waals surface area contributed by atoms with E-state index in [1.165, 1.54) is 31.5 Å². The number of nitrogens with one attached hydrogen (secondary N) is 1. The van der Waals surface area contributed by atoms with E-state index in [2.05, 4.69) is 40.5 Å². The van der Waals surface area contributed by atoms with E-state index in [4.69, 9.17) is 9.47 Å². The van der Waals surface area contributed by atoms with Gasteiger partial charge >= 0.3 is 0 Å². The number of benzene rings is 2. The summed E-state index contributed by atoms with van der Waals surface area (Å²) >= 11 is 0. The largest absolute Gasteiger partial charge is 0.497 e. The molecule has 2 heterocycles. The highest BCUT2D eigenvalue weighted by atomic mass is 32.2. The Morgan fingerprint density at radius 1 is 0.977 bits per heavy atom. The Labute approximate surface area is 264 Å². The lowest BCUT2D eigenvalue weighted by Crippen LogP contribution is -2.49. The van der Waals surface area contributed by atoms with Crippen molar-refractivity contribution >= 4 is 15.9 Å². The number of ether oxygens (including phenoxy) is 2. The Morgan fingerprint density at radius 3 is 2.25 bits per heavy atom. The predicted molar refractivity (Wildman–Crippen MR) is 173 cm³/mol. The van der Waals surface area contributed by atoms with Crippen LogP contribution in [0.1, 0.15) is 81.4 Å². The van der Waals surface area contributed by atoms with E-state index in [0.717, 1.165) is 38.5 Å². The van der Waals surface area contributed by atoms with Crippen LogP contribution in [-0.4, -0.2) is 75.6 Å². The third kappa shape index (κ3) is 7.01. The number of carbonyl (C=O) groups excluding carboxylic acids is 1. The summed E-state index contributed by atoms with van der Waals surface area (Å²) in [5, 5.41) is 3.15. The number of sulfonamides is 1. The summed E-state index contributed by atoms with van der Waals surface area (Å²) in [7, 11) is -2.15. The van der Waals surface area contributed by atoms with Crippen LogP contribution in [0.2, 0.25) is 0 Å². The second kappa shape index (κ2) is 14.3. The number of methoxy groups -OCH3 is 1. The standard InChI is InChI=1S/C35H51N3O5S/c1-26-22-32(42-4)23-27(2)33(26)44(40,41)38-21-9-8-14-31(38)25-43-28(3)34(39)36-24-29-15-17-35(18-16-29,37-19-10-11-20-37)30-12-6-5-7-13-30/h5-7,12-13,22-23,28-29,31H,8-11,14-21,24-25H2,1-4H3,(H,36,39). The van der Waals surface area contributed by atoms with Crippen molar-refractivity contribution in [3.63, 3.8) is 0 Å². The molecule has 44 heavy (non-hydrogen) atoms. The van der Waals surface area contributed by atoms with E-state index in [1.807, 2.05) is 13.8 Å². The minimum atomic E-state index is -3.73. The van der Waals surface area contributed by atoms with Crippen LogP contribution in [0, 0.1) is 19.8 Å². The molecule has 0 spiro atoms. The van der Waals surface area contributed by atoms with Gasteiger partial charge in [-0.2, -0.15) is 4.31 Å². The molecule has 8 nitrogen and oxygen atoms in total. The first kappa shape index (κ1) is 32.9. The van der Waals surface area contributed by atoms with Gasteiger partial charge in [-0.1, -0.05) is 36.8 Å². The number of piperidine rings is 1. The van der Waals surface area contributed by atoms with E-state index < -0.39 is 16.1 Å². The highest BCUT2D eigenvalue weighted by molar-refractivity contribution is 7.89. The molecule has 0 aromatic heterocycles. The van der Waals surface area contributed by atoms with Gasteiger partial charge < -0.3 is 14.8 Å². The fourth-order valence-electron chi connectivity index (χ4n) is 7.77. The fourth-order valence-corrected chi connectivity index (χ4v) is 9.86. The molecule has 5 rings (SSSR count). The third-order valence-corrected chi connectivity index (χ3v) is 12.5. The van der Waals surface area contributed by atoms with Gasteiger partial charge in [-0.15, -0.1) is 0 Å². The van der Waals surface area contributed by atoms with Crippen molar-refractivity contribution in [1.82, 2.24) is 14.5 Å². The normalized spacial score (nSPS) is 25.9. The van der Waals surface area contributed by atoms with Crippen LogP contribution >= 0.6 is 0 Å². The van der Waals surface area contributed by atoms with Crippen molar-refractivity contribution in [2.45, 2.75) is 101 Å². The topological polar surface area (TPSA) is 88.2 Å². The smallest absolute Gasteiger partial charge is 0.248 e. The molecule has 0 radical (unpaired) electrons. The monoisotopic (exact) mass is 625 g/mol. The van der Waals surface area contributed by atoms with E-state index >= 15 is 0 Å². The predicted octanol–water partition coefficient (Wildman–Crippen LogP) is 5.56. The molecule has 1 N–H and O–H groups in total. The van der Waals surface area contributed by atoms with Crippen LogP contribution in [0.5, 0.6) is 5.75 Å². The quantitative estimate of drug-likeness (QED) is 0.352. The number of likely N-dealkylation sites (tertiary alicyclic amines) is 1. The van der Waals surface area contributed by atoms with Crippen LogP contribution in [0.3, 0.4) is 0 Å². The van der Waals surface area contributed by atoms with E-state index in [-0.39, 0.29) is 24.1 Å². The summed E-state index contributed by atoms with van der Waals surface area (Å²) in [5.74, 6) is 0.963. The number of rotatable bonds is 11. The number of carbonyl (C=O) groups is 1. The molecule has 3 fully saturated rings. The van der Waals surface area contributed by atoms with Crippen LogP contribution in [-0.2, 0) is 25.1 Å². The summed E-state index contributed by atoms with van der Waals surface area (Å²) in [6.07, 6.45) is 8.75. The van der Waals surface area contributed by atoms with E-state index in [9.17, 15) is 13.2 Å². The summed E-state index contributed by atoms with van der Waals surface area (Å²) in [6.45, 7) is 9.02. The summed E-state index contributed by atoms with van der Waals surface area (Å²) in [4.78, 5) is 16.1. The molecule has 1 aliphatic carbocycles. The first-order valence-electron chi connectivity index (χ1n) is 16.5. The van der Waals surface area contributed by atoms with Crippen molar-refractivity contribution in [3.8, 4) is 5.75 Å². The Hall–Kier alpha value is -2.46. The first-order chi connectivity index (χ1) is 21.2. The van der Waals surface area contributed by atoms with Gasteiger partial charge in [0.2, 0.25) is 15.9 Å². The number of hydrogen-bond acceptors (Lipinski definition) is 6. The number of nitrogens with zero attached hydrogens (tertiary/aromatic N) is 2. The molecule has 242 valence electrons. The highest BCUT2D eigenvalue weighted by Gasteiger charge is 2.42. The molecule has 2 unspecified atom stereocenters. The van der Waals surface area contributed by atoms with Crippen LogP contribution < -0.4 is 10.1 Å². The van der Waals surface area contributed by atoms with Crippen LogP contribution in [0.25, 0.3) is 0 Å². The van der Waals surface area contributed by atoms with E-state index in [0.29, 0.717) is 47.2 Å². The molecule has 2 atom stereocenters. The molecular weight excluding hydrogens is 574 g/mol. The lowest BCUT2D eigenvalue weighted by atomic mass is 9.71. The maximum absolute atomic E-state index is 13.9. The van der Waals surface area contributed by atoms with Gasteiger partial charge in [0, 0.05) is 24.7 Å². The Bertz CT molecular complexity index is 1340. The van der Waals surface area contributed by atoms with Crippen molar-refractivity contribution in [1.29, 1.82) is 0 Å². The molecule has 2 saturated heterocycles. The Kier molecular flexibility index (Phi) is 10.7. The van der Waals surface area contributed by atoms with Crippen LogP contribution in [0.4, 0.5) is 0 Å². The number of aryl methyl sites for hydroxylation is 2. The molecule has 9 heteroatoms. The maximum Gasteiger partial charge on any atom is 0.248 e. The highest BCUT2D eigenvalue weighted by Crippen LogP contribution is 2.45. The lowest BCUT2D eigenvalue weighted by Gasteiger charge is -2.47. The van der Waals surface area contributed by atoms with Crippen molar-refractivity contribution in [2.75, 3.05) is 39.9 Å². The number of hydrogen-bond donors (Lipinski definition) is 1. The Balaban J connectivity index is 1.14. The van der Waals surface area contributed by atoms with E-state index in [1.54, 1.807) is 30.5 Å². The van der Waals surface area contributed by atoms with Gasteiger partial charge in [0.1, 0.15) is 11.9 Å². The second-order valence-electron chi connectivity index (χ2n) is 13.1. The lowest BCUT2D eigenvalue weighted by molar-refractivity contribution is -0.133. The van der Waals surface area contributed by atoms with Crippen molar-refractivity contribution < 1.29 is 22.7 Å². The average Bonchev–Trinajstić information content (AvgIpc) is 3.58. The maximum atomic E-state index is 13.9. The van der Waals surface area contributed by atoms with Crippen molar-refractivity contribution in [2.24, 2.45) is 5.92 Å². The molecule has 2 aliphatic heterocycles. The zero-order chi connectivity index (χ0) is 31.3. The van der Waals surface area contributed by atoms with Gasteiger partial charge in [-0.05, 0) is 120 Å². The molecule has 1 amide bonds. The second-order valence-corrected chi connectivity index (χ2v) is 14.9. The Morgan fingerprint density at radius 2 is 1.61 bits per heavy atom. The van der Waals surface area contributed by atoms with Gasteiger partial charge in [0.15, 0.2) is 0 Å². The van der Waals surface area contributed by atoms with Gasteiger partial charge in [0.25, 0.3) is 0 Å². The number of amides is 1. The molecule has 1 saturated carbocycles. The SMILES string of the molecule is COc1cc(C)c(S(=O)(=O)N2CCCCC2COC(C)C(=O)NCC2CCC(c3ccccc3)(N3CCCC3)CC2)c(C)c1.